The molecule has 0 radical (unpaired) electrons. The molecule has 0 aliphatic carbocycles. The lowest BCUT2D eigenvalue weighted by Gasteiger charge is -2.31. The van der Waals surface area contributed by atoms with E-state index in [2.05, 4.69) is 0 Å². The molecule has 5 nitrogen and oxygen atoms in total. The van der Waals surface area contributed by atoms with E-state index in [-0.39, 0.29) is 17.2 Å². The van der Waals surface area contributed by atoms with E-state index in [1.165, 1.54) is 12.1 Å². The van der Waals surface area contributed by atoms with Gasteiger partial charge in [0.1, 0.15) is 0 Å². The highest BCUT2D eigenvalue weighted by molar-refractivity contribution is 5.79. The van der Waals surface area contributed by atoms with Crippen LogP contribution in [0.4, 0.5) is 14.6 Å². The third-order valence-electron chi connectivity index (χ3n) is 5.87. The van der Waals surface area contributed by atoms with Crippen LogP contribution >= 0.6 is 0 Å². The Balaban J connectivity index is 1.90. The third kappa shape index (κ3) is 4.23. The second kappa shape index (κ2) is 8.59. The molecule has 1 aromatic heterocycles. The van der Waals surface area contributed by atoms with Crippen molar-refractivity contribution in [3.63, 3.8) is 0 Å². The number of piperidine rings is 1. The zero-order valence-electron chi connectivity index (χ0n) is 17.7. The normalized spacial score (nSPS) is 15.0. The van der Waals surface area contributed by atoms with Crippen LogP contribution in [0.3, 0.4) is 0 Å². The quantitative estimate of drug-likeness (QED) is 0.679. The van der Waals surface area contributed by atoms with Crippen molar-refractivity contribution < 1.29 is 8.78 Å². The summed E-state index contributed by atoms with van der Waals surface area (Å²) >= 11 is 0. The predicted octanol–water partition coefficient (Wildman–Crippen LogP) is 4.29. The van der Waals surface area contributed by atoms with Crippen molar-refractivity contribution in [1.82, 2.24) is 9.55 Å². The van der Waals surface area contributed by atoms with E-state index in [1.54, 1.807) is 23.7 Å². The summed E-state index contributed by atoms with van der Waals surface area (Å²) < 4.78 is 27.7. The standard InChI is InChI=1S/C24H26F2N4O/c1-15-3-5-17(6-4-15)21-20(16-7-9-18(10-8-16)22(25)26)28-23(24(31)29(21)2)30-13-11-19(27)12-14-30/h3-10,19,22H,11-14,27H2,1-2H3. The highest BCUT2D eigenvalue weighted by atomic mass is 19.3. The maximum absolute atomic E-state index is 13.3. The van der Waals surface area contributed by atoms with Crippen molar-refractivity contribution in [3.05, 3.63) is 70.0 Å². The number of nitrogens with two attached hydrogens (primary N) is 1. The molecule has 0 saturated carbocycles. The van der Waals surface area contributed by atoms with E-state index in [4.69, 9.17) is 10.7 Å². The van der Waals surface area contributed by atoms with Crippen molar-refractivity contribution in [3.8, 4) is 22.5 Å². The average Bonchev–Trinajstić information content (AvgIpc) is 2.77. The summed E-state index contributed by atoms with van der Waals surface area (Å²) in [6.45, 7) is 3.32. The van der Waals surface area contributed by atoms with Gasteiger partial charge in [-0.2, -0.15) is 0 Å². The maximum atomic E-state index is 13.3. The largest absolute Gasteiger partial charge is 0.352 e. The van der Waals surface area contributed by atoms with E-state index in [0.29, 0.717) is 35.9 Å². The second-order valence-electron chi connectivity index (χ2n) is 8.11. The number of aryl methyl sites for hydroxylation is 1. The fourth-order valence-corrected chi connectivity index (χ4v) is 3.96. The van der Waals surface area contributed by atoms with E-state index in [9.17, 15) is 13.6 Å². The van der Waals surface area contributed by atoms with E-state index < -0.39 is 6.43 Å². The molecule has 2 aromatic carbocycles. The summed E-state index contributed by atoms with van der Waals surface area (Å²) in [4.78, 5) is 20.0. The molecule has 4 rings (SSSR count). The molecule has 7 heteroatoms. The lowest BCUT2D eigenvalue weighted by molar-refractivity contribution is 0.151. The summed E-state index contributed by atoms with van der Waals surface area (Å²) in [5, 5.41) is 0. The van der Waals surface area contributed by atoms with Gasteiger partial charge in [-0.25, -0.2) is 13.8 Å². The highest BCUT2D eigenvalue weighted by Gasteiger charge is 2.24. The molecule has 2 N–H and O–H groups in total. The minimum absolute atomic E-state index is 0.0457. The number of benzene rings is 2. The molecule has 162 valence electrons. The number of hydrogen-bond donors (Lipinski definition) is 1. The van der Waals surface area contributed by atoms with Gasteiger partial charge < -0.3 is 15.2 Å². The average molecular weight is 424 g/mol. The third-order valence-corrected chi connectivity index (χ3v) is 5.87. The molecule has 1 aliphatic rings. The van der Waals surface area contributed by atoms with E-state index in [1.807, 2.05) is 36.1 Å². The first-order valence-corrected chi connectivity index (χ1v) is 10.4. The molecule has 3 aromatic rings. The summed E-state index contributed by atoms with van der Waals surface area (Å²) in [5.41, 5.74) is 9.68. The Morgan fingerprint density at radius 3 is 2.16 bits per heavy atom. The van der Waals surface area contributed by atoms with Crippen molar-refractivity contribution in [2.24, 2.45) is 12.8 Å². The summed E-state index contributed by atoms with van der Waals surface area (Å²) in [7, 11) is 1.73. The van der Waals surface area contributed by atoms with Gasteiger partial charge in [-0.05, 0) is 19.8 Å². The van der Waals surface area contributed by atoms with Gasteiger partial charge in [0.05, 0.1) is 11.4 Å². The monoisotopic (exact) mass is 424 g/mol. The van der Waals surface area contributed by atoms with E-state index >= 15 is 0 Å². The number of aromatic nitrogens is 2. The number of halogens is 2. The van der Waals surface area contributed by atoms with Gasteiger partial charge in [0.25, 0.3) is 12.0 Å². The zero-order valence-corrected chi connectivity index (χ0v) is 17.7. The molecule has 1 fully saturated rings. The van der Waals surface area contributed by atoms with Gasteiger partial charge in [0, 0.05) is 42.9 Å². The summed E-state index contributed by atoms with van der Waals surface area (Å²) in [6, 6.07) is 14.1. The fourth-order valence-electron chi connectivity index (χ4n) is 3.96. The van der Waals surface area contributed by atoms with Crippen LogP contribution in [-0.2, 0) is 7.05 Å². The van der Waals surface area contributed by atoms with Crippen LogP contribution in [0.1, 0.15) is 30.4 Å². The van der Waals surface area contributed by atoms with Crippen LogP contribution in [0, 0.1) is 6.92 Å². The Kier molecular flexibility index (Phi) is 5.87. The lowest BCUT2D eigenvalue weighted by atomic mass is 10.0. The number of anilines is 1. The van der Waals surface area contributed by atoms with Crippen LogP contribution in [0.15, 0.2) is 53.3 Å². The zero-order chi connectivity index (χ0) is 22.1. The Labute approximate surface area is 180 Å². The summed E-state index contributed by atoms with van der Waals surface area (Å²) in [5.74, 6) is 0.373. The molecule has 0 amide bonds. The van der Waals surface area contributed by atoms with Gasteiger partial charge >= 0.3 is 0 Å². The van der Waals surface area contributed by atoms with Crippen molar-refractivity contribution >= 4 is 5.82 Å². The number of hydrogen-bond acceptors (Lipinski definition) is 4. The van der Waals surface area contributed by atoms with Gasteiger partial charge in [-0.3, -0.25) is 4.79 Å². The Morgan fingerprint density at radius 2 is 1.58 bits per heavy atom. The molecular formula is C24H26F2N4O. The first-order chi connectivity index (χ1) is 14.8. The second-order valence-corrected chi connectivity index (χ2v) is 8.11. The van der Waals surface area contributed by atoms with Gasteiger partial charge in [-0.15, -0.1) is 0 Å². The number of alkyl halides is 2. The molecule has 1 saturated heterocycles. The van der Waals surface area contributed by atoms with Crippen molar-refractivity contribution in [1.29, 1.82) is 0 Å². The van der Waals surface area contributed by atoms with Crippen LogP contribution in [-0.4, -0.2) is 28.7 Å². The van der Waals surface area contributed by atoms with Crippen molar-refractivity contribution in [2.45, 2.75) is 32.2 Å². The molecule has 0 spiro atoms. The molecule has 2 heterocycles. The van der Waals surface area contributed by atoms with Gasteiger partial charge in [0.2, 0.25) is 0 Å². The fraction of sp³-hybridized carbons (Fsp3) is 0.333. The predicted molar refractivity (Wildman–Crippen MR) is 119 cm³/mol. The Morgan fingerprint density at radius 1 is 1.00 bits per heavy atom. The van der Waals surface area contributed by atoms with Crippen LogP contribution in [0.2, 0.25) is 0 Å². The van der Waals surface area contributed by atoms with Gasteiger partial charge in [0.15, 0.2) is 5.82 Å². The molecule has 1 aliphatic heterocycles. The van der Waals surface area contributed by atoms with Crippen LogP contribution < -0.4 is 16.2 Å². The van der Waals surface area contributed by atoms with E-state index in [0.717, 1.165) is 24.0 Å². The number of nitrogens with zero attached hydrogens (tertiary/aromatic N) is 3. The maximum Gasteiger partial charge on any atom is 0.293 e. The van der Waals surface area contributed by atoms with Crippen LogP contribution in [0.25, 0.3) is 22.5 Å². The SMILES string of the molecule is Cc1ccc(-c2c(-c3ccc(C(F)F)cc3)nc(N3CCC(N)CC3)c(=O)n2C)cc1. The van der Waals surface area contributed by atoms with Gasteiger partial charge in [-0.1, -0.05) is 54.1 Å². The number of rotatable bonds is 4. The lowest BCUT2D eigenvalue weighted by Crippen LogP contribution is -2.43. The Bertz CT molecular complexity index is 1120. The minimum atomic E-state index is -2.54. The van der Waals surface area contributed by atoms with Crippen molar-refractivity contribution in [2.75, 3.05) is 18.0 Å². The minimum Gasteiger partial charge on any atom is -0.352 e. The first-order valence-electron chi connectivity index (χ1n) is 10.4. The molecule has 0 bridgehead atoms. The molecule has 0 unspecified atom stereocenters. The van der Waals surface area contributed by atoms with Crippen LogP contribution in [0.5, 0.6) is 0 Å². The Hall–Kier alpha value is -3.06. The first kappa shape index (κ1) is 21.2. The molecule has 31 heavy (non-hydrogen) atoms. The highest BCUT2D eigenvalue weighted by Crippen LogP contribution is 2.32. The smallest absolute Gasteiger partial charge is 0.293 e. The summed E-state index contributed by atoms with van der Waals surface area (Å²) in [6.07, 6.45) is -0.946. The molecule has 0 atom stereocenters. The molecular weight excluding hydrogens is 398 g/mol. The topological polar surface area (TPSA) is 64.2 Å².